The average Bonchev–Trinajstić information content (AvgIpc) is 3.02. The van der Waals surface area contributed by atoms with Gasteiger partial charge in [0.1, 0.15) is 5.82 Å². The fourth-order valence-electron chi connectivity index (χ4n) is 2.85. The summed E-state index contributed by atoms with van der Waals surface area (Å²) in [5.74, 6) is 1.05. The number of nitrogens with one attached hydrogen (secondary N) is 1. The zero-order chi connectivity index (χ0) is 17.5. The Bertz CT molecular complexity index is 985. The van der Waals surface area contributed by atoms with Crippen molar-refractivity contribution in [2.24, 2.45) is 20.0 Å². The molecule has 0 spiro atoms. The number of nitrogens with zero attached hydrogens (tertiary/aromatic N) is 4. The predicted molar refractivity (Wildman–Crippen MR) is 86.2 cm³/mol. The Balaban J connectivity index is 1.78. The van der Waals surface area contributed by atoms with Crippen molar-refractivity contribution in [3.63, 3.8) is 0 Å². The first-order valence-electron chi connectivity index (χ1n) is 7.56. The first-order valence-corrected chi connectivity index (χ1v) is 9.04. The quantitative estimate of drug-likeness (QED) is 0.744. The predicted octanol–water partition coefficient (Wildman–Crippen LogP) is -1.18. The van der Waals surface area contributed by atoms with Gasteiger partial charge in [0.2, 0.25) is 10.0 Å². The van der Waals surface area contributed by atoms with Crippen LogP contribution in [0, 0.1) is 5.92 Å². The first-order chi connectivity index (χ1) is 11.3. The van der Waals surface area contributed by atoms with Gasteiger partial charge < -0.3 is 9.13 Å². The third-order valence-corrected chi connectivity index (χ3v) is 5.72. The molecule has 0 amide bonds. The molecule has 0 saturated heterocycles. The van der Waals surface area contributed by atoms with Crippen molar-refractivity contribution in [1.29, 1.82) is 0 Å². The number of hydrogen-bond acceptors (Lipinski definition) is 5. The molecule has 3 rings (SSSR count). The summed E-state index contributed by atoms with van der Waals surface area (Å²) in [5.41, 5.74) is -1.40. The Hall–Kier alpha value is -2.20. The van der Waals surface area contributed by atoms with Gasteiger partial charge in [-0.1, -0.05) is 0 Å². The van der Waals surface area contributed by atoms with E-state index in [1.165, 1.54) is 14.1 Å². The minimum Gasteiger partial charge on any atom is -0.335 e. The number of hydrogen-bond donors (Lipinski definition) is 1. The molecular weight excluding hydrogens is 334 g/mol. The molecule has 1 aliphatic heterocycles. The van der Waals surface area contributed by atoms with E-state index >= 15 is 0 Å². The molecule has 3 heterocycles. The molecule has 10 heteroatoms. The van der Waals surface area contributed by atoms with Gasteiger partial charge in [0.05, 0.1) is 0 Å². The summed E-state index contributed by atoms with van der Waals surface area (Å²) in [6.07, 6.45) is 6.21. The van der Waals surface area contributed by atoms with Crippen LogP contribution in [0.5, 0.6) is 0 Å². The lowest BCUT2D eigenvalue weighted by atomic mass is 9.98. The van der Waals surface area contributed by atoms with Crippen LogP contribution >= 0.6 is 0 Å². The van der Waals surface area contributed by atoms with E-state index in [1.54, 1.807) is 6.20 Å². The lowest BCUT2D eigenvalue weighted by Gasteiger charge is -2.23. The van der Waals surface area contributed by atoms with Crippen molar-refractivity contribution < 1.29 is 8.42 Å². The van der Waals surface area contributed by atoms with Gasteiger partial charge >= 0.3 is 5.69 Å². The Morgan fingerprint density at radius 1 is 1.33 bits per heavy atom. The average molecular weight is 353 g/mol. The number of aryl methyl sites for hydroxylation is 2. The van der Waals surface area contributed by atoms with E-state index in [1.807, 2.05) is 10.8 Å². The van der Waals surface area contributed by atoms with Crippen LogP contribution in [0.25, 0.3) is 0 Å². The molecule has 0 unspecified atom stereocenters. The van der Waals surface area contributed by atoms with E-state index in [9.17, 15) is 18.0 Å². The number of fused-ring (bicyclic) bond motifs is 1. The Morgan fingerprint density at radius 2 is 2.08 bits per heavy atom. The third-order valence-electron chi connectivity index (χ3n) is 4.32. The summed E-state index contributed by atoms with van der Waals surface area (Å²) in [6.45, 7) is 1.02. The fraction of sp³-hybridized carbons (Fsp3) is 0.500. The molecule has 2 aromatic rings. The lowest BCUT2D eigenvalue weighted by Crippen LogP contribution is -2.42. The number of sulfonamides is 1. The molecule has 0 fully saturated rings. The van der Waals surface area contributed by atoms with Crippen LogP contribution in [-0.2, 0) is 37.1 Å². The molecule has 0 bridgehead atoms. The summed E-state index contributed by atoms with van der Waals surface area (Å²) in [4.78, 5) is 27.6. The van der Waals surface area contributed by atoms with Crippen LogP contribution in [0.2, 0.25) is 0 Å². The molecule has 130 valence electrons. The summed E-state index contributed by atoms with van der Waals surface area (Å²) >= 11 is 0. The van der Waals surface area contributed by atoms with Crippen molar-refractivity contribution in [2.45, 2.75) is 24.3 Å². The maximum Gasteiger partial charge on any atom is 0.330 e. The molecule has 0 saturated carbocycles. The lowest BCUT2D eigenvalue weighted by molar-refractivity contribution is 0.379. The topological polar surface area (TPSA) is 108 Å². The molecule has 0 aromatic carbocycles. The highest BCUT2D eigenvalue weighted by atomic mass is 32.2. The second-order valence-corrected chi connectivity index (χ2v) is 7.73. The molecule has 9 nitrogen and oxygen atoms in total. The second-order valence-electron chi connectivity index (χ2n) is 6.00. The smallest absolute Gasteiger partial charge is 0.330 e. The SMILES string of the molecule is Cn1cc(S(=O)(=O)NC[C@H]2CCn3ccnc3C2)c(=O)n(C)c1=O. The van der Waals surface area contributed by atoms with Crippen molar-refractivity contribution in [3.05, 3.63) is 45.3 Å². The highest BCUT2D eigenvalue weighted by molar-refractivity contribution is 7.89. The zero-order valence-electron chi connectivity index (χ0n) is 13.5. The molecule has 1 N–H and O–H groups in total. The van der Waals surface area contributed by atoms with Crippen LogP contribution in [0.3, 0.4) is 0 Å². The number of aromatic nitrogens is 4. The Morgan fingerprint density at radius 3 is 2.83 bits per heavy atom. The van der Waals surface area contributed by atoms with Crippen molar-refractivity contribution in [3.8, 4) is 0 Å². The van der Waals surface area contributed by atoms with E-state index in [0.29, 0.717) is 6.42 Å². The van der Waals surface area contributed by atoms with Gasteiger partial charge in [0.25, 0.3) is 5.56 Å². The Kier molecular flexibility index (Phi) is 4.18. The summed E-state index contributed by atoms with van der Waals surface area (Å²) in [7, 11) is -1.33. The maximum atomic E-state index is 12.4. The second kappa shape index (κ2) is 6.02. The molecule has 0 aliphatic carbocycles. The van der Waals surface area contributed by atoms with Gasteiger partial charge in [-0.2, -0.15) is 0 Å². The summed E-state index contributed by atoms with van der Waals surface area (Å²) < 4.78 is 31.3. The highest BCUT2D eigenvalue weighted by Crippen LogP contribution is 2.18. The first kappa shape index (κ1) is 16.7. The van der Waals surface area contributed by atoms with Crippen LogP contribution in [0.4, 0.5) is 0 Å². The van der Waals surface area contributed by atoms with Gasteiger partial charge in [-0.25, -0.2) is 22.9 Å². The molecular formula is C14H19N5O4S. The van der Waals surface area contributed by atoms with E-state index in [-0.39, 0.29) is 12.5 Å². The van der Waals surface area contributed by atoms with Gasteiger partial charge in [-0.05, 0) is 12.3 Å². The highest BCUT2D eigenvalue weighted by Gasteiger charge is 2.25. The van der Waals surface area contributed by atoms with Crippen molar-refractivity contribution in [2.75, 3.05) is 6.54 Å². The number of rotatable bonds is 4. The molecule has 2 aromatic heterocycles. The van der Waals surface area contributed by atoms with Crippen LogP contribution < -0.4 is 16.0 Å². The molecule has 1 aliphatic rings. The van der Waals surface area contributed by atoms with E-state index in [0.717, 1.165) is 34.1 Å². The van der Waals surface area contributed by atoms with E-state index in [2.05, 4.69) is 9.71 Å². The zero-order valence-corrected chi connectivity index (χ0v) is 14.3. The molecule has 0 radical (unpaired) electrons. The summed E-state index contributed by atoms with van der Waals surface area (Å²) in [6, 6.07) is 0. The monoisotopic (exact) mass is 353 g/mol. The van der Waals surface area contributed by atoms with Crippen molar-refractivity contribution in [1.82, 2.24) is 23.4 Å². The van der Waals surface area contributed by atoms with Gasteiger partial charge in [-0.15, -0.1) is 0 Å². The van der Waals surface area contributed by atoms with Crippen molar-refractivity contribution >= 4 is 10.0 Å². The fourth-order valence-corrected chi connectivity index (χ4v) is 4.13. The van der Waals surface area contributed by atoms with Crippen LogP contribution in [-0.4, -0.2) is 33.6 Å². The van der Waals surface area contributed by atoms with Crippen LogP contribution in [0.15, 0.2) is 33.1 Å². The Labute approximate surface area is 138 Å². The standard InChI is InChI=1S/C14H19N5O4S/c1-17-9-11(13(20)18(2)14(17)21)24(22,23)16-8-10-3-5-19-6-4-15-12(19)7-10/h4,6,9-10,16H,3,5,7-8H2,1-2H3/t10-/m0/s1. The molecule has 1 atom stereocenters. The normalized spacial score (nSPS) is 17.7. The minimum absolute atomic E-state index is 0.117. The van der Waals surface area contributed by atoms with E-state index < -0.39 is 26.2 Å². The van der Waals surface area contributed by atoms with E-state index in [4.69, 9.17) is 0 Å². The van der Waals surface area contributed by atoms with Gasteiger partial charge in [-0.3, -0.25) is 9.36 Å². The third kappa shape index (κ3) is 2.94. The minimum atomic E-state index is -3.99. The molecule has 24 heavy (non-hydrogen) atoms. The largest absolute Gasteiger partial charge is 0.335 e. The number of imidazole rings is 1. The van der Waals surface area contributed by atoms with Gasteiger partial charge in [0.15, 0.2) is 4.90 Å². The summed E-state index contributed by atoms with van der Waals surface area (Å²) in [5, 5.41) is 0. The maximum absolute atomic E-state index is 12.4. The van der Waals surface area contributed by atoms with Crippen LogP contribution in [0.1, 0.15) is 12.2 Å². The van der Waals surface area contributed by atoms with Gasteiger partial charge in [0, 0.05) is 52.2 Å².